The van der Waals surface area contributed by atoms with E-state index in [1.807, 2.05) is 85.4 Å². The first kappa shape index (κ1) is 19.1. The van der Waals surface area contributed by atoms with Gasteiger partial charge >= 0.3 is 0 Å². The molecule has 4 aromatic rings. The summed E-state index contributed by atoms with van der Waals surface area (Å²) in [5.41, 5.74) is 6.65. The molecule has 0 spiro atoms. The quantitative estimate of drug-likeness (QED) is 0.505. The second kappa shape index (κ2) is 8.01. The Kier molecular flexibility index (Phi) is 5.27. The summed E-state index contributed by atoms with van der Waals surface area (Å²) >= 11 is 1.55. The predicted molar refractivity (Wildman–Crippen MR) is 118 cm³/mol. The van der Waals surface area contributed by atoms with Crippen molar-refractivity contribution in [1.29, 1.82) is 0 Å². The summed E-state index contributed by atoms with van der Waals surface area (Å²) in [4.78, 5) is 17.3. The molecule has 29 heavy (non-hydrogen) atoms. The highest BCUT2D eigenvalue weighted by Gasteiger charge is 2.18. The van der Waals surface area contributed by atoms with Gasteiger partial charge < -0.3 is 5.32 Å². The lowest BCUT2D eigenvalue weighted by atomic mass is 10.1. The summed E-state index contributed by atoms with van der Waals surface area (Å²) < 4.78 is 1.84. The number of rotatable bonds is 5. The molecule has 0 aliphatic carbocycles. The number of aromatic nitrogens is 3. The number of thiazole rings is 1. The van der Waals surface area contributed by atoms with Gasteiger partial charge in [0.2, 0.25) is 11.0 Å². The van der Waals surface area contributed by atoms with Crippen LogP contribution < -0.4 is 5.32 Å². The fourth-order valence-electron chi connectivity index (χ4n) is 3.31. The Bertz CT molecular complexity index is 1160. The van der Waals surface area contributed by atoms with Crippen LogP contribution in [0.25, 0.3) is 16.4 Å². The number of nitrogens with zero attached hydrogens (tertiary/aromatic N) is 3. The van der Waals surface area contributed by atoms with Gasteiger partial charge in [-0.05, 0) is 38.5 Å². The number of benzene rings is 2. The predicted octanol–water partition coefficient (Wildman–Crippen LogP) is 5.10. The van der Waals surface area contributed by atoms with Gasteiger partial charge in [0.15, 0.2) is 0 Å². The lowest BCUT2D eigenvalue weighted by Crippen LogP contribution is -2.15. The van der Waals surface area contributed by atoms with Crippen molar-refractivity contribution in [2.24, 2.45) is 0 Å². The number of nitrogens with one attached hydrogen (secondary N) is 1. The van der Waals surface area contributed by atoms with Crippen LogP contribution in [0.4, 0.5) is 5.69 Å². The molecule has 5 nitrogen and oxygen atoms in total. The van der Waals surface area contributed by atoms with E-state index in [4.69, 9.17) is 4.98 Å². The molecule has 2 aromatic heterocycles. The monoisotopic (exact) mass is 402 g/mol. The topological polar surface area (TPSA) is 59.8 Å². The van der Waals surface area contributed by atoms with Crippen molar-refractivity contribution < 1.29 is 4.79 Å². The average molecular weight is 403 g/mol. The van der Waals surface area contributed by atoms with E-state index in [0.29, 0.717) is 0 Å². The van der Waals surface area contributed by atoms with Gasteiger partial charge in [0.1, 0.15) is 0 Å². The van der Waals surface area contributed by atoms with E-state index >= 15 is 0 Å². The van der Waals surface area contributed by atoms with Gasteiger partial charge in [0.05, 0.1) is 17.8 Å². The normalized spacial score (nSPS) is 10.9. The molecule has 6 heteroatoms. The van der Waals surface area contributed by atoms with Crippen molar-refractivity contribution in [3.63, 3.8) is 0 Å². The number of carbonyl (C=O) groups is 1. The Labute approximate surface area is 174 Å². The molecule has 0 atom stereocenters. The van der Waals surface area contributed by atoms with Gasteiger partial charge in [-0.3, -0.25) is 4.79 Å². The third kappa shape index (κ3) is 4.12. The van der Waals surface area contributed by atoms with Gasteiger partial charge in [0.25, 0.3) is 0 Å². The zero-order valence-corrected chi connectivity index (χ0v) is 17.5. The van der Waals surface area contributed by atoms with Crippen molar-refractivity contribution >= 4 is 22.9 Å². The van der Waals surface area contributed by atoms with Crippen LogP contribution in [0.15, 0.2) is 60.0 Å². The van der Waals surface area contributed by atoms with Gasteiger partial charge in [-0.25, -0.2) is 9.67 Å². The molecule has 146 valence electrons. The van der Waals surface area contributed by atoms with Crippen LogP contribution in [0.3, 0.4) is 0 Å². The molecule has 1 amide bonds. The minimum atomic E-state index is -0.0505. The number of aryl methyl sites for hydroxylation is 2. The van der Waals surface area contributed by atoms with E-state index in [1.165, 1.54) is 0 Å². The molecule has 0 fully saturated rings. The molecule has 0 saturated carbocycles. The molecule has 0 bridgehead atoms. The summed E-state index contributed by atoms with van der Waals surface area (Å²) in [6, 6.07) is 17.9. The Morgan fingerprint density at radius 1 is 1.07 bits per heavy atom. The van der Waals surface area contributed by atoms with Crippen LogP contribution in [0.1, 0.15) is 22.5 Å². The van der Waals surface area contributed by atoms with E-state index < -0.39 is 0 Å². The van der Waals surface area contributed by atoms with E-state index in [-0.39, 0.29) is 12.3 Å². The van der Waals surface area contributed by atoms with Crippen molar-refractivity contribution in [3.8, 4) is 16.4 Å². The second-order valence-corrected chi connectivity index (χ2v) is 7.87. The molecular weight excluding hydrogens is 380 g/mol. The maximum Gasteiger partial charge on any atom is 0.228 e. The van der Waals surface area contributed by atoms with E-state index in [2.05, 4.69) is 10.4 Å². The van der Waals surface area contributed by atoms with Crippen molar-refractivity contribution in [1.82, 2.24) is 14.8 Å². The van der Waals surface area contributed by atoms with Crippen LogP contribution >= 0.6 is 11.3 Å². The lowest BCUT2D eigenvalue weighted by molar-refractivity contribution is -0.115. The Morgan fingerprint density at radius 2 is 1.86 bits per heavy atom. The Hall–Kier alpha value is -3.25. The molecule has 4 rings (SSSR count). The fourth-order valence-corrected chi connectivity index (χ4v) is 4.14. The molecule has 0 aliphatic rings. The first-order chi connectivity index (χ1) is 14.0. The summed E-state index contributed by atoms with van der Waals surface area (Å²) in [5.74, 6) is -0.0505. The third-order valence-electron chi connectivity index (χ3n) is 4.82. The molecule has 0 aliphatic heterocycles. The molecule has 2 aromatic carbocycles. The van der Waals surface area contributed by atoms with E-state index in [0.717, 1.165) is 44.6 Å². The SMILES string of the molecule is Cc1cccc(NC(=O)Cc2c(C)nn(-c3nc(-c4ccccc4)cs3)c2C)c1. The molecule has 0 saturated heterocycles. The van der Waals surface area contributed by atoms with Crippen LogP contribution in [0.2, 0.25) is 0 Å². The summed E-state index contributed by atoms with van der Waals surface area (Å²) in [5, 5.41) is 10.5. The third-order valence-corrected chi connectivity index (χ3v) is 5.64. The number of amides is 1. The molecule has 2 heterocycles. The minimum absolute atomic E-state index is 0.0505. The summed E-state index contributed by atoms with van der Waals surface area (Å²) in [6.45, 7) is 5.93. The lowest BCUT2D eigenvalue weighted by Gasteiger charge is -2.06. The van der Waals surface area contributed by atoms with Crippen molar-refractivity contribution in [3.05, 3.63) is 82.5 Å². The average Bonchev–Trinajstić information content (AvgIpc) is 3.29. The van der Waals surface area contributed by atoms with Crippen LogP contribution in [-0.2, 0) is 11.2 Å². The first-order valence-corrected chi connectivity index (χ1v) is 10.3. The standard InChI is InChI=1S/C23H22N4OS/c1-15-8-7-11-19(12-15)24-22(28)13-20-16(2)26-27(17(20)3)23-25-21(14-29-23)18-9-5-4-6-10-18/h4-12,14H,13H2,1-3H3,(H,24,28). The van der Waals surface area contributed by atoms with Crippen molar-refractivity contribution in [2.75, 3.05) is 5.32 Å². The van der Waals surface area contributed by atoms with E-state index in [1.54, 1.807) is 11.3 Å². The highest BCUT2D eigenvalue weighted by Crippen LogP contribution is 2.26. The van der Waals surface area contributed by atoms with Crippen molar-refractivity contribution in [2.45, 2.75) is 27.2 Å². The fraction of sp³-hybridized carbons (Fsp3) is 0.174. The maximum atomic E-state index is 12.6. The number of hydrogen-bond donors (Lipinski definition) is 1. The first-order valence-electron chi connectivity index (χ1n) is 9.44. The number of carbonyl (C=O) groups excluding carboxylic acids is 1. The zero-order chi connectivity index (χ0) is 20.4. The van der Waals surface area contributed by atoms with Crippen LogP contribution in [0.5, 0.6) is 0 Å². The number of hydrogen-bond acceptors (Lipinski definition) is 4. The van der Waals surface area contributed by atoms with Gasteiger partial charge in [-0.15, -0.1) is 11.3 Å². The summed E-state index contributed by atoms with van der Waals surface area (Å²) in [7, 11) is 0. The molecule has 0 unspecified atom stereocenters. The molecule has 0 radical (unpaired) electrons. The van der Waals surface area contributed by atoms with Crippen LogP contribution in [-0.4, -0.2) is 20.7 Å². The zero-order valence-electron chi connectivity index (χ0n) is 16.6. The summed E-state index contributed by atoms with van der Waals surface area (Å²) in [6.07, 6.45) is 0.280. The second-order valence-electron chi connectivity index (χ2n) is 7.04. The number of anilines is 1. The van der Waals surface area contributed by atoms with Gasteiger partial charge in [-0.2, -0.15) is 5.10 Å². The molecule has 1 N–H and O–H groups in total. The van der Waals surface area contributed by atoms with E-state index in [9.17, 15) is 4.79 Å². The highest BCUT2D eigenvalue weighted by atomic mass is 32.1. The minimum Gasteiger partial charge on any atom is -0.326 e. The highest BCUT2D eigenvalue weighted by molar-refractivity contribution is 7.12. The molecular formula is C23H22N4OS. The van der Waals surface area contributed by atoms with Gasteiger partial charge in [0, 0.05) is 27.9 Å². The Morgan fingerprint density at radius 3 is 2.62 bits per heavy atom. The Balaban J connectivity index is 1.55. The van der Waals surface area contributed by atoms with Crippen LogP contribution in [0, 0.1) is 20.8 Å². The largest absolute Gasteiger partial charge is 0.326 e. The van der Waals surface area contributed by atoms with Gasteiger partial charge in [-0.1, -0.05) is 42.5 Å². The smallest absolute Gasteiger partial charge is 0.228 e. The maximum absolute atomic E-state index is 12.6.